The summed E-state index contributed by atoms with van der Waals surface area (Å²) in [6.07, 6.45) is 1.77. The zero-order chi connectivity index (χ0) is 11.5. The van der Waals surface area contributed by atoms with Gasteiger partial charge in [-0.15, -0.1) is 0 Å². The van der Waals surface area contributed by atoms with Crippen LogP contribution < -0.4 is 5.32 Å². The summed E-state index contributed by atoms with van der Waals surface area (Å²) in [6.45, 7) is 0. The molecule has 1 aromatic carbocycles. The Bertz CT molecular complexity index is 517. The molecule has 0 atom stereocenters. The van der Waals surface area contributed by atoms with Crippen molar-refractivity contribution in [2.24, 2.45) is 0 Å². The largest absolute Gasteiger partial charge is 0.338 e. The molecule has 0 spiro atoms. The number of benzene rings is 1. The van der Waals surface area contributed by atoms with E-state index in [4.69, 9.17) is 0 Å². The SMILES string of the molecule is Brc1cnc(Nc2ccccc2I)c(Br)c1. The number of rotatable bonds is 2. The van der Waals surface area contributed by atoms with Gasteiger partial charge >= 0.3 is 0 Å². The summed E-state index contributed by atoms with van der Waals surface area (Å²) >= 11 is 9.14. The Labute approximate surface area is 124 Å². The molecule has 0 saturated heterocycles. The lowest BCUT2D eigenvalue weighted by atomic mass is 10.3. The second kappa shape index (κ2) is 5.46. The highest BCUT2D eigenvalue weighted by Crippen LogP contribution is 2.28. The average molecular weight is 454 g/mol. The van der Waals surface area contributed by atoms with E-state index in [2.05, 4.69) is 70.8 Å². The van der Waals surface area contributed by atoms with Gasteiger partial charge in [-0.2, -0.15) is 0 Å². The number of hydrogen-bond donors (Lipinski definition) is 1. The Morgan fingerprint density at radius 3 is 2.62 bits per heavy atom. The number of anilines is 2. The molecule has 0 amide bonds. The van der Waals surface area contributed by atoms with E-state index in [0.717, 1.165) is 24.0 Å². The lowest BCUT2D eigenvalue weighted by Gasteiger charge is -2.09. The first-order chi connectivity index (χ1) is 7.66. The van der Waals surface area contributed by atoms with E-state index < -0.39 is 0 Å². The molecule has 0 radical (unpaired) electrons. The number of halogens is 3. The van der Waals surface area contributed by atoms with Gasteiger partial charge in [0, 0.05) is 14.2 Å². The van der Waals surface area contributed by atoms with E-state index >= 15 is 0 Å². The first-order valence-electron chi connectivity index (χ1n) is 4.49. The molecule has 2 rings (SSSR count). The summed E-state index contributed by atoms with van der Waals surface area (Å²) in [6, 6.07) is 10.0. The highest BCUT2D eigenvalue weighted by molar-refractivity contribution is 14.1. The Hall–Kier alpha value is -0.140. The minimum Gasteiger partial charge on any atom is -0.338 e. The minimum atomic E-state index is 0.812. The van der Waals surface area contributed by atoms with E-state index in [1.54, 1.807) is 6.20 Å². The highest BCUT2D eigenvalue weighted by atomic mass is 127. The van der Waals surface area contributed by atoms with Crippen molar-refractivity contribution in [3.05, 3.63) is 49.0 Å². The van der Waals surface area contributed by atoms with Crippen LogP contribution in [-0.2, 0) is 0 Å². The van der Waals surface area contributed by atoms with Crippen LogP contribution in [0.15, 0.2) is 45.5 Å². The van der Waals surface area contributed by atoms with Gasteiger partial charge < -0.3 is 5.32 Å². The summed E-state index contributed by atoms with van der Waals surface area (Å²) in [7, 11) is 0. The fraction of sp³-hybridized carbons (Fsp3) is 0. The maximum atomic E-state index is 4.31. The van der Waals surface area contributed by atoms with Gasteiger partial charge in [0.05, 0.1) is 10.2 Å². The lowest BCUT2D eigenvalue weighted by molar-refractivity contribution is 1.27. The van der Waals surface area contributed by atoms with Crippen molar-refractivity contribution < 1.29 is 0 Å². The Balaban J connectivity index is 2.31. The van der Waals surface area contributed by atoms with Gasteiger partial charge in [-0.25, -0.2) is 4.98 Å². The number of hydrogen-bond acceptors (Lipinski definition) is 2. The molecule has 5 heteroatoms. The molecule has 16 heavy (non-hydrogen) atoms. The Morgan fingerprint density at radius 1 is 1.19 bits per heavy atom. The van der Waals surface area contributed by atoms with E-state index in [1.807, 2.05) is 24.3 Å². The average Bonchev–Trinajstić information content (AvgIpc) is 2.25. The standard InChI is InChI=1S/C11H7Br2IN2/c12-7-5-8(13)11(15-6-7)16-10-4-2-1-3-9(10)14/h1-6H,(H,15,16). The minimum absolute atomic E-state index is 0.812. The summed E-state index contributed by atoms with van der Waals surface area (Å²) in [5.74, 6) is 0.812. The van der Waals surface area contributed by atoms with Crippen LogP contribution >= 0.6 is 54.5 Å². The second-order valence-electron chi connectivity index (χ2n) is 3.09. The van der Waals surface area contributed by atoms with Crippen molar-refractivity contribution in [2.75, 3.05) is 5.32 Å². The monoisotopic (exact) mass is 452 g/mol. The van der Waals surface area contributed by atoms with E-state index in [9.17, 15) is 0 Å². The van der Waals surface area contributed by atoms with Crippen LogP contribution in [0.1, 0.15) is 0 Å². The van der Waals surface area contributed by atoms with Crippen molar-refractivity contribution in [1.82, 2.24) is 4.98 Å². The molecule has 0 bridgehead atoms. The number of para-hydroxylation sites is 1. The van der Waals surface area contributed by atoms with Gasteiger partial charge in [0.25, 0.3) is 0 Å². The molecule has 82 valence electrons. The third kappa shape index (κ3) is 2.95. The number of pyridine rings is 1. The molecule has 1 aromatic heterocycles. The zero-order valence-corrected chi connectivity index (χ0v) is 13.4. The summed E-state index contributed by atoms with van der Waals surface area (Å²) in [5, 5.41) is 3.28. The van der Waals surface area contributed by atoms with Crippen molar-refractivity contribution in [3.63, 3.8) is 0 Å². The van der Waals surface area contributed by atoms with Crippen LogP contribution in [0.25, 0.3) is 0 Å². The van der Waals surface area contributed by atoms with Gasteiger partial charge in [0.15, 0.2) is 0 Å². The predicted molar refractivity (Wildman–Crippen MR) is 82.1 cm³/mol. The summed E-state index contributed by atoms with van der Waals surface area (Å²) < 4.78 is 3.05. The smallest absolute Gasteiger partial charge is 0.144 e. The highest BCUT2D eigenvalue weighted by Gasteiger charge is 2.04. The topological polar surface area (TPSA) is 24.9 Å². The van der Waals surface area contributed by atoms with Crippen molar-refractivity contribution in [3.8, 4) is 0 Å². The lowest BCUT2D eigenvalue weighted by Crippen LogP contribution is -1.96. The van der Waals surface area contributed by atoms with E-state index in [-0.39, 0.29) is 0 Å². The van der Waals surface area contributed by atoms with Gasteiger partial charge in [-0.1, -0.05) is 12.1 Å². The van der Waals surface area contributed by atoms with Crippen molar-refractivity contribution in [2.45, 2.75) is 0 Å². The molecule has 1 N–H and O–H groups in total. The first-order valence-corrected chi connectivity index (χ1v) is 7.16. The normalized spacial score (nSPS) is 10.2. The van der Waals surface area contributed by atoms with Crippen LogP contribution in [0, 0.1) is 3.57 Å². The molecule has 0 aliphatic heterocycles. The van der Waals surface area contributed by atoms with E-state index in [0.29, 0.717) is 0 Å². The third-order valence-corrected chi connectivity index (χ3v) is 3.91. The summed E-state index contributed by atoms with van der Waals surface area (Å²) in [5.41, 5.74) is 1.05. The Kier molecular flexibility index (Phi) is 4.21. The molecule has 0 saturated carbocycles. The zero-order valence-electron chi connectivity index (χ0n) is 8.05. The molecule has 0 aliphatic rings. The molecule has 2 aromatic rings. The van der Waals surface area contributed by atoms with Gasteiger partial charge in [0.1, 0.15) is 5.82 Å². The molecule has 0 fully saturated rings. The second-order valence-corrected chi connectivity index (χ2v) is 6.02. The number of nitrogens with one attached hydrogen (secondary N) is 1. The first kappa shape index (κ1) is 12.3. The van der Waals surface area contributed by atoms with Crippen molar-refractivity contribution >= 4 is 66.0 Å². The van der Waals surface area contributed by atoms with Gasteiger partial charge in [0.2, 0.25) is 0 Å². The number of aromatic nitrogens is 1. The van der Waals surface area contributed by atoms with Gasteiger partial charge in [-0.3, -0.25) is 0 Å². The number of nitrogens with zero attached hydrogens (tertiary/aromatic N) is 1. The fourth-order valence-electron chi connectivity index (χ4n) is 1.20. The van der Waals surface area contributed by atoms with E-state index in [1.165, 1.54) is 0 Å². The van der Waals surface area contributed by atoms with Crippen LogP contribution in [0.2, 0.25) is 0 Å². The maximum Gasteiger partial charge on any atom is 0.144 e. The molecule has 0 unspecified atom stereocenters. The van der Waals surface area contributed by atoms with Crippen LogP contribution in [0.5, 0.6) is 0 Å². The van der Waals surface area contributed by atoms with Crippen molar-refractivity contribution in [1.29, 1.82) is 0 Å². The molecule has 0 aliphatic carbocycles. The molecular weight excluding hydrogens is 447 g/mol. The predicted octanol–water partition coefficient (Wildman–Crippen LogP) is 4.95. The summed E-state index contributed by atoms with van der Waals surface area (Å²) in [4.78, 5) is 4.31. The van der Waals surface area contributed by atoms with Crippen LogP contribution in [0.3, 0.4) is 0 Å². The Morgan fingerprint density at radius 2 is 1.94 bits per heavy atom. The molecular formula is C11H7Br2IN2. The fourth-order valence-corrected chi connectivity index (χ4v) is 2.81. The van der Waals surface area contributed by atoms with Crippen LogP contribution in [-0.4, -0.2) is 4.98 Å². The van der Waals surface area contributed by atoms with Gasteiger partial charge in [-0.05, 0) is 72.6 Å². The van der Waals surface area contributed by atoms with Crippen LogP contribution in [0.4, 0.5) is 11.5 Å². The molecule has 1 heterocycles. The quantitative estimate of drug-likeness (QED) is 0.650. The maximum absolute atomic E-state index is 4.31. The third-order valence-electron chi connectivity index (χ3n) is 1.93. The molecule has 2 nitrogen and oxygen atoms in total.